The minimum Gasteiger partial charge on any atom is -0.343 e. The smallest absolute Gasteiger partial charge is 0.296 e. The maximum atomic E-state index is 13.2. The maximum absolute atomic E-state index is 13.2. The molecule has 4 rings (SSSR count). The summed E-state index contributed by atoms with van der Waals surface area (Å²) in [7, 11) is 5.08. The highest BCUT2D eigenvalue weighted by atomic mass is 35.5. The van der Waals surface area contributed by atoms with E-state index in [4.69, 9.17) is 11.6 Å². The van der Waals surface area contributed by atoms with Gasteiger partial charge < -0.3 is 9.47 Å². The van der Waals surface area contributed by atoms with Gasteiger partial charge >= 0.3 is 0 Å². The Kier molecular flexibility index (Phi) is 3.96. The molecule has 0 radical (unpaired) electrons. The highest BCUT2D eigenvalue weighted by Crippen LogP contribution is 2.30. The van der Waals surface area contributed by atoms with Crippen LogP contribution in [0.25, 0.3) is 27.5 Å². The van der Waals surface area contributed by atoms with E-state index in [0.29, 0.717) is 21.6 Å². The van der Waals surface area contributed by atoms with Crippen LogP contribution < -0.4 is 5.56 Å². The van der Waals surface area contributed by atoms with Gasteiger partial charge in [-0.05, 0) is 24.3 Å². The fourth-order valence-electron chi connectivity index (χ4n) is 3.21. The van der Waals surface area contributed by atoms with Crippen molar-refractivity contribution in [2.24, 2.45) is 7.05 Å². The zero-order valence-electron chi connectivity index (χ0n) is 15.0. The Morgan fingerprint density at radius 2 is 2.00 bits per heavy atom. The minimum absolute atomic E-state index is 0.200. The van der Waals surface area contributed by atoms with Crippen molar-refractivity contribution in [1.82, 2.24) is 24.2 Å². The van der Waals surface area contributed by atoms with Crippen molar-refractivity contribution in [3.05, 3.63) is 63.8 Å². The number of carbonyl (C=O) groups is 1. The quantitative estimate of drug-likeness (QED) is 0.535. The number of halogens is 1. The van der Waals surface area contributed by atoms with E-state index in [1.807, 2.05) is 6.07 Å². The lowest BCUT2D eigenvalue weighted by atomic mass is 10.1. The van der Waals surface area contributed by atoms with Gasteiger partial charge in [0.25, 0.3) is 11.5 Å². The van der Waals surface area contributed by atoms with E-state index in [2.05, 4.69) is 10.1 Å². The summed E-state index contributed by atoms with van der Waals surface area (Å²) in [6.07, 6.45) is 3.14. The number of hydrogen-bond donors (Lipinski definition) is 0. The summed E-state index contributed by atoms with van der Waals surface area (Å²) < 4.78 is 2.96. The van der Waals surface area contributed by atoms with Crippen molar-refractivity contribution >= 4 is 39.3 Å². The van der Waals surface area contributed by atoms with Gasteiger partial charge in [-0.3, -0.25) is 14.6 Å². The van der Waals surface area contributed by atoms with Crippen LogP contribution in [0.3, 0.4) is 0 Å². The van der Waals surface area contributed by atoms with E-state index in [1.165, 1.54) is 15.8 Å². The number of fused-ring (bicyclic) bond motifs is 3. The standard InChI is InChI=1S/C19H16ClN5O2/c1-23(2)18(26)16-15-13-7-6-11(20)9-14(13)24(3)17(15)19(27)25(22-16)12-5-4-8-21-10-12/h4-10H,1-3H3. The second kappa shape index (κ2) is 6.21. The summed E-state index contributed by atoms with van der Waals surface area (Å²) in [5, 5.41) is 6.23. The first-order valence-electron chi connectivity index (χ1n) is 8.23. The van der Waals surface area contributed by atoms with Crippen LogP contribution in [0, 0.1) is 0 Å². The largest absolute Gasteiger partial charge is 0.343 e. The fraction of sp³-hybridized carbons (Fsp3) is 0.158. The number of amides is 1. The molecule has 0 atom stereocenters. The topological polar surface area (TPSA) is 73.0 Å². The molecule has 27 heavy (non-hydrogen) atoms. The molecular weight excluding hydrogens is 366 g/mol. The molecule has 0 aliphatic rings. The number of aromatic nitrogens is 4. The summed E-state index contributed by atoms with van der Waals surface area (Å²) in [6, 6.07) is 8.75. The summed E-state index contributed by atoms with van der Waals surface area (Å²) in [5.74, 6) is -0.292. The van der Waals surface area contributed by atoms with E-state index < -0.39 is 0 Å². The van der Waals surface area contributed by atoms with E-state index in [0.717, 1.165) is 10.9 Å². The molecule has 3 aromatic heterocycles. The zero-order valence-corrected chi connectivity index (χ0v) is 15.7. The number of hydrogen-bond acceptors (Lipinski definition) is 4. The van der Waals surface area contributed by atoms with Crippen LogP contribution in [0.1, 0.15) is 10.5 Å². The van der Waals surface area contributed by atoms with Gasteiger partial charge in [0.2, 0.25) is 0 Å². The molecule has 3 heterocycles. The van der Waals surface area contributed by atoms with Gasteiger partial charge in [-0.1, -0.05) is 17.7 Å². The third-order valence-corrected chi connectivity index (χ3v) is 4.73. The molecule has 0 fully saturated rings. The second-order valence-electron chi connectivity index (χ2n) is 6.42. The monoisotopic (exact) mass is 381 g/mol. The van der Waals surface area contributed by atoms with Crippen molar-refractivity contribution in [3.63, 3.8) is 0 Å². The fourth-order valence-corrected chi connectivity index (χ4v) is 3.38. The molecule has 0 saturated heterocycles. The molecular formula is C19H16ClN5O2. The molecule has 0 unspecified atom stereocenters. The van der Waals surface area contributed by atoms with Crippen molar-refractivity contribution < 1.29 is 4.79 Å². The highest BCUT2D eigenvalue weighted by molar-refractivity contribution is 6.31. The SMILES string of the molecule is CN(C)C(=O)c1nn(-c2cccnc2)c(=O)c2c1c1ccc(Cl)cc1n2C. The molecule has 0 N–H and O–H groups in total. The Hall–Kier alpha value is -3.19. The molecule has 7 nitrogen and oxygen atoms in total. The van der Waals surface area contributed by atoms with Crippen LogP contribution in [0.4, 0.5) is 0 Å². The van der Waals surface area contributed by atoms with E-state index in [-0.39, 0.29) is 17.2 Å². The first-order chi connectivity index (χ1) is 12.9. The Bertz CT molecular complexity index is 1260. The van der Waals surface area contributed by atoms with Crippen LogP contribution in [-0.4, -0.2) is 44.2 Å². The van der Waals surface area contributed by atoms with Gasteiger partial charge in [0.05, 0.1) is 17.4 Å². The van der Waals surface area contributed by atoms with Gasteiger partial charge in [-0.25, -0.2) is 0 Å². The average Bonchev–Trinajstić information content (AvgIpc) is 2.95. The van der Waals surface area contributed by atoms with E-state index >= 15 is 0 Å². The van der Waals surface area contributed by atoms with Crippen molar-refractivity contribution in [2.75, 3.05) is 14.1 Å². The van der Waals surface area contributed by atoms with Gasteiger partial charge in [-0.2, -0.15) is 9.78 Å². The lowest BCUT2D eigenvalue weighted by molar-refractivity contribution is 0.0822. The average molecular weight is 382 g/mol. The molecule has 0 spiro atoms. The molecule has 1 aromatic carbocycles. The van der Waals surface area contributed by atoms with Gasteiger partial charge in [0.15, 0.2) is 5.69 Å². The lowest BCUT2D eigenvalue weighted by Crippen LogP contribution is -2.29. The number of nitrogens with zero attached hydrogens (tertiary/aromatic N) is 5. The first kappa shape index (κ1) is 17.2. The minimum atomic E-state index is -0.330. The predicted molar refractivity (Wildman–Crippen MR) is 105 cm³/mol. The number of aryl methyl sites for hydroxylation is 1. The summed E-state index contributed by atoms with van der Waals surface area (Å²) in [5.41, 5.74) is 1.50. The molecule has 8 heteroatoms. The summed E-state index contributed by atoms with van der Waals surface area (Å²) >= 11 is 6.14. The van der Waals surface area contributed by atoms with Crippen LogP contribution in [0.15, 0.2) is 47.5 Å². The molecule has 0 aliphatic carbocycles. The third-order valence-electron chi connectivity index (χ3n) is 4.49. The number of carbonyl (C=O) groups excluding carboxylic acids is 1. The van der Waals surface area contributed by atoms with Gasteiger partial charge in [0, 0.05) is 43.1 Å². The second-order valence-corrected chi connectivity index (χ2v) is 6.86. The van der Waals surface area contributed by atoms with Crippen LogP contribution in [0.2, 0.25) is 5.02 Å². The van der Waals surface area contributed by atoms with E-state index in [1.54, 1.807) is 56.2 Å². The Morgan fingerprint density at radius 1 is 1.22 bits per heavy atom. The molecule has 1 amide bonds. The molecule has 0 bridgehead atoms. The van der Waals surface area contributed by atoms with Crippen LogP contribution in [-0.2, 0) is 7.05 Å². The predicted octanol–water partition coefficient (Wildman–Crippen LogP) is 2.63. The zero-order chi connectivity index (χ0) is 19.3. The van der Waals surface area contributed by atoms with Crippen molar-refractivity contribution in [1.29, 1.82) is 0 Å². The van der Waals surface area contributed by atoms with Crippen LogP contribution in [0.5, 0.6) is 0 Å². The number of benzene rings is 1. The Morgan fingerprint density at radius 3 is 2.67 bits per heavy atom. The van der Waals surface area contributed by atoms with Crippen LogP contribution >= 0.6 is 11.6 Å². The molecule has 0 aliphatic heterocycles. The van der Waals surface area contributed by atoms with Crippen molar-refractivity contribution in [2.45, 2.75) is 0 Å². The van der Waals surface area contributed by atoms with Gasteiger partial charge in [0.1, 0.15) is 5.52 Å². The summed E-state index contributed by atoms with van der Waals surface area (Å²) in [6.45, 7) is 0. The van der Waals surface area contributed by atoms with Crippen molar-refractivity contribution in [3.8, 4) is 5.69 Å². The normalized spacial score (nSPS) is 11.3. The van der Waals surface area contributed by atoms with E-state index in [9.17, 15) is 9.59 Å². The van der Waals surface area contributed by atoms with Gasteiger partial charge in [-0.15, -0.1) is 0 Å². The molecule has 0 saturated carbocycles. The third kappa shape index (κ3) is 2.59. The lowest BCUT2D eigenvalue weighted by Gasteiger charge is -2.13. The first-order valence-corrected chi connectivity index (χ1v) is 8.61. The highest BCUT2D eigenvalue weighted by Gasteiger charge is 2.24. The maximum Gasteiger partial charge on any atom is 0.296 e. The number of pyridine rings is 1. The Labute approximate surface area is 159 Å². The Balaban J connectivity index is 2.23. The number of rotatable bonds is 2. The molecule has 4 aromatic rings. The molecule has 136 valence electrons. The summed E-state index contributed by atoms with van der Waals surface area (Å²) in [4.78, 5) is 31.6.